The van der Waals surface area contributed by atoms with Gasteiger partial charge in [0, 0.05) is 16.1 Å². The van der Waals surface area contributed by atoms with Crippen LogP contribution < -0.4 is 11.3 Å². The summed E-state index contributed by atoms with van der Waals surface area (Å²) < 4.78 is 6.82. The van der Waals surface area contributed by atoms with Crippen LogP contribution in [0.15, 0.2) is 22.7 Å². The van der Waals surface area contributed by atoms with Crippen LogP contribution in [-0.4, -0.2) is 18.2 Å². The molecule has 5 heteroatoms. The Kier molecular flexibility index (Phi) is 4.67. The standard InChI is InChI=1S/C13H18BrClN2O/c1-13(5-2-6-18-13)12(17-16)7-9-3-4-10(14)8-11(9)15/h3-4,8,12,17H,2,5-7,16H2,1H3. The lowest BCUT2D eigenvalue weighted by molar-refractivity contribution is -0.0115. The molecule has 0 aromatic heterocycles. The maximum absolute atomic E-state index is 6.24. The highest BCUT2D eigenvalue weighted by atomic mass is 79.9. The van der Waals surface area contributed by atoms with Crippen molar-refractivity contribution in [2.45, 2.75) is 37.8 Å². The number of nitrogens with one attached hydrogen (secondary N) is 1. The molecule has 0 aliphatic carbocycles. The first-order valence-corrected chi connectivity index (χ1v) is 7.26. The molecule has 1 heterocycles. The number of ether oxygens (including phenoxy) is 1. The van der Waals surface area contributed by atoms with Crippen molar-refractivity contribution in [3.63, 3.8) is 0 Å². The number of halogens is 2. The van der Waals surface area contributed by atoms with Crippen molar-refractivity contribution < 1.29 is 4.74 Å². The molecule has 3 N–H and O–H groups in total. The SMILES string of the molecule is CC1(C(Cc2ccc(Br)cc2Cl)NN)CCCO1. The lowest BCUT2D eigenvalue weighted by Crippen LogP contribution is -2.52. The van der Waals surface area contributed by atoms with E-state index in [4.69, 9.17) is 22.2 Å². The van der Waals surface area contributed by atoms with Gasteiger partial charge in [0.05, 0.1) is 11.6 Å². The van der Waals surface area contributed by atoms with Gasteiger partial charge in [0.2, 0.25) is 0 Å². The molecule has 0 spiro atoms. The van der Waals surface area contributed by atoms with Gasteiger partial charge in [0.15, 0.2) is 0 Å². The maximum Gasteiger partial charge on any atom is 0.0824 e. The van der Waals surface area contributed by atoms with Crippen LogP contribution in [0.2, 0.25) is 5.02 Å². The van der Waals surface area contributed by atoms with Gasteiger partial charge < -0.3 is 4.74 Å². The Labute approximate surface area is 121 Å². The van der Waals surface area contributed by atoms with Gasteiger partial charge in [-0.05, 0) is 43.9 Å². The molecule has 3 nitrogen and oxygen atoms in total. The van der Waals surface area contributed by atoms with Crippen LogP contribution in [0.4, 0.5) is 0 Å². The second kappa shape index (κ2) is 5.88. The second-order valence-corrected chi connectivity index (χ2v) is 6.25. The Balaban J connectivity index is 2.15. The van der Waals surface area contributed by atoms with Gasteiger partial charge in [-0.3, -0.25) is 11.3 Å². The van der Waals surface area contributed by atoms with E-state index in [2.05, 4.69) is 28.3 Å². The predicted molar refractivity (Wildman–Crippen MR) is 77.6 cm³/mol. The van der Waals surface area contributed by atoms with Crippen LogP contribution >= 0.6 is 27.5 Å². The zero-order chi connectivity index (χ0) is 13.2. The van der Waals surface area contributed by atoms with Crippen molar-refractivity contribution in [3.8, 4) is 0 Å². The van der Waals surface area contributed by atoms with Gasteiger partial charge in [-0.2, -0.15) is 0 Å². The summed E-state index contributed by atoms with van der Waals surface area (Å²) in [5, 5.41) is 0.756. The van der Waals surface area contributed by atoms with Gasteiger partial charge in [-0.15, -0.1) is 0 Å². The van der Waals surface area contributed by atoms with Crippen molar-refractivity contribution in [1.29, 1.82) is 0 Å². The highest BCUT2D eigenvalue weighted by Crippen LogP contribution is 2.31. The lowest BCUT2D eigenvalue weighted by Gasteiger charge is -2.33. The molecular formula is C13H18BrClN2O. The molecule has 100 valence electrons. The van der Waals surface area contributed by atoms with E-state index in [0.29, 0.717) is 0 Å². The van der Waals surface area contributed by atoms with Crippen molar-refractivity contribution in [2.75, 3.05) is 6.61 Å². The van der Waals surface area contributed by atoms with Gasteiger partial charge in [0.1, 0.15) is 0 Å². The first kappa shape index (κ1) is 14.3. The number of hydrogen-bond donors (Lipinski definition) is 2. The number of nitrogens with two attached hydrogens (primary N) is 1. The maximum atomic E-state index is 6.24. The fourth-order valence-electron chi connectivity index (χ4n) is 2.43. The van der Waals surface area contributed by atoms with Crippen molar-refractivity contribution in [3.05, 3.63) is 33.3 Å². The summed E-state index contributed by atoms with van der Waals surface area (Å²) in [5.41, 5.74) is 3.76. The lowest BCUT2D eigenvalue weighted by atomic mass is 9.89. The molecule has 2 unspecified atom stereocenters. The first-order valence-electron chi connectivity index (χ1n) is 6.09. The van der Waals surface area contributed by atoms with E-state index in [1.807, 2.05) is 18.2 Å². The molecule has 0 saturated carbocycles. The predicted octanol–water partition coefficient (Wildman–Crippen LogP) is 3.05. The fourth-order valence-corrected chi connectivity index (χ4v) is 3.18. The summed E-state index contributed by atoms with van der Waals surface area (Å²) in [7, 11) is 0. The monoisotopic (exact) mass is 332 g/mol. The Hall–Kier alpha value is -0.130. The second-order valence-electron chi connectivity index (χ2n) is 4.92. The van der Waals surface area contributed by atoms with Crippen LogP contribution in [0.3, 0.4) is 0 Å². The molecular weight excluding hydrogens is 316 g/mol. The van der Waals surface area contributed by atoms with E-state index in [1.54, 1.807) is 0 Å². The third-order valence-corrected chi connectivity index (χ3v) is 4.47. The minimum atomic E-state index is -0.203. The molecule has 18 heavy (non-hydrogen) atoms. The summed E-state index contributed by atoms with van der Waals surface area (Å²) in [4.78, 5) is 0. The van der Waals surface area contributed by atoms with Crippen molar-refractivity contribution in [1.82, 2.24) is 5.43 Å². The highest BCUT2D eigenvalue weighted by molar-refractivity contribution is 9.10. The summed E-state index contributed by atoms with van der Waals surface area (Å²) in [5.74, 6) is 5.68. The normalized spacial score (nSPS) is 25.3. The van der Waals surface area contributed by atoms with Crippen LogP contribution in [-0.2, 0) is 11.2 Å². The Morgan fingerprint density at radius 3 is 2.94 bits per heavy atom. The molecule has 1 aromatic carbocycles. The topological polar surface area (TPSA) is 47.3 Å². The van der Waals surface area contributed by atoms with Crippen molar-refractivity contribution in [2.24, 2.45) is 5.84 Å². The summed E-state index contributed by atoms with van der Waals surface area (Å²) in [6, 6.07) is 5.99. The molecule has 1 saturated heterocycles. The molecule has 0 bridgehead atoms. The molecule has 1 aliphatic heterocycles. The van der Waals surface area contributed by atoms with Crippen LogP contribution in [0, 0.1) is 0 Å². The zero-order valence-corrected chi connectivity index (χ0v) is 12.7. The third-order valence-electron chi connectivity index (χ3n) is 3.63. The Bertz CT molecular complexity index is 421. The zero-order valence-electron chi connectivity index (χ0n) is 10.4. The van der Waals surface area contributed by atoms with Gasteiger partial charge >= 0.3 is 0 Å². The molecule has 1 aromatic rings. The van der Waals surface area contributed by atoms with E-state index in [-0.39, 0.29) is 11.6 Å². The first-order chi connectivity index (χ1) is 8.55. The number of benzene rings is 1. The molecule has 2 rings (SSSR count). The minimum Gasteiger partial charge on any atom is -0.374 e. The van der Waals surface area contributed by atoms with Gasteiger partial charge in [-0.25, -0.2) is 0 Å². The molecule has 1 fully saturated rings. The fraction of sp³-hybridized carbons (Fsp3) is 0.538. The van der Waals surface area contributed by atoms with E-state index >= 15 is 0 Å². The average molecular weight is 334 g/mol. The smallest absolute Gasteiger partial charge is 0.0824 e. The minimum absolute atomic E-state index is 0.0682. The number of hydrazine groups is 1. The summed E-state index contributed by atoms with van der Waals surface area (Å²) in [6.07, 6.45) is 2.87. The van der Waals surface area contributed by atoms with Crippen molar-refractivity contribution >= 4 is 27.5 Å². The van der Waals surface area contributed by atoms with E-state index in [0.717, 1.165) is 40.9 Å². The average Bonchev–Trinajstić information content (AvgIpc) is 2.76. The van der Waals surface area contributed by atoms with E-state index in [1.165, 1.54) is 0 Å². The number of rotatable bonds is 4. The highest BCUT2D eigenvalue weighted by Gasteiger charge is 2.38. The molecule has 2 atom stereocenters. The Morgan fingerprint density at radius 1 is 1.61 bits per heavy atom. The number of hydrogen-bond acceptors (Lipinski definition) is 3. The Morgan fingerprint density at radius 2 is 2.39 bits per heavy atom. The molecule has 1 aliphatic rings. The van der Waals surface area contributed by atoms with Gasteiger partial charge in [0.25, 0.3) is 0 Å². The molecule has 0 amide bonds. The summed E-state index contributed by atoms with van der Waals surface area (Å²) >= 11 is 9.65. The molecule has 0 radical (unpaired) electrons. The van der Waals surface area contributed by atoms with Gasteiger partial charge in [-0.1, -0.05) is 33.6 Å². The van der Waals surface area contributed by atoms with E-state index in [9.17, 15) is 0 Å². The van der Waals surface area contributed by atoms with Crippen LogP contribution in [0.25, 0.3) is 0 Å². The largest absolute Gasteiger partial charge is 0.374 e. The quantitative estimate of drug-likeness (QED) is 0.657. The van der Waals surface area contributed by atoms with Crippen LogP contribution in [0.5, 0.6) is 0 Å². The summed E-state index contributed by atoms with van der Waals surface area (Å²) in [6.45, 7) is 2.92. The van der Waals surface area contributed by atoms with Crippen LogP contribution in [0.1, 0.15) is 25.3 Å². The third kappa shape index (κ3) is 3.06. The van der Waals surface area contributed by atoms with E-state index < -0.39 is 0 Å².